The van der Waals surface area contributed by atoms with Gasteiger partial charge in [0.05, 0.1) is 0 Å². The van der Waals surface area contributed by atoms with Crippen molar-refractivity contribution in [3.05, 3.63) is 78.8 Å². The highest BCUT2D eigenvalue weighted by Crippen LogP contribution is 2.30. The molecule has 0 aliphatic carbocycles. The molecule has 0 radical (unpaired) electrons. The van der Waals surface area contributed by atoms with Crippen LogP contribution < -0.4 is 5.32 Å². The third-order valence-electron chi connectivity index (χ3n) is 3.85. The summed E-state index contributed by atoms with van der Waals surface area (Å²) in [6.45, 7) is 0.877. The molecule has 0 bridgehead atoms. The Kier molecular flexibility index (Phi) is 5.88. The Morgan fingerprint density at radius 2 is 1.08 bits per heavy atom. The van der Waals surface area contributed by atoms with Gasteiger partial charge in [0, 0.05) is 55.5 Å². The second-order valence-corrected chi connectivity index (χ2v) is 7.17. The molecule has 2 aromatic rings. The monoisotopic (exact) mass is 411 g/mol. The summed E-state index contributed by atoms with van der Waals surface area (Å²) in [6.07, 6.45) is 3.45. The van der Waals surface area contributed by atoms with Crippen molar-refractivity contribution >= 4 is 64.3 Å². The molecule has 2 aromatic carbocycles. The first-order valence-corrected chi connectivity index (χ1v) is 9.03. The van der Waals surface area contributed by atoms with E-state index in [0.29, 0.717) is 55.5 Å². The zero-order valence-corrected chi connectivity index (χ0v) is 16.0. The Hall–Kier alpha value is -1.29. The van der Waals surface area contributed by atoms with Gasteiger partial charge < -0.3 is 5.32 Å². The van der Waals surface area contributed by atoms with Crippen LogP contribution in [0.15, 0.2) is 47.5 Å². The fourth-order valence-corrected chi connectivity index (χ4v) is 3.59. The van der Waals surface area contributed by atoms with Crippen molar-refractivity contribution < 1.29 is 4.79 Å². The summed E-state index contributed by atoms with van der Waals surface area (Å²) >= 11 is 24.8. The van der Waals surface area contributed by atoms with Crippen molar-refractivity contribution in [1.82, 2.24) is 5.32 Å². The predicted molar refractivity (Wildman–Crippen MR) is 107 cm³/mol. The van der Waals surface area contributed by atoms with Crippen LogP contribution in [0.4, 0.5) is 0 Å². The number of piperidine rings is 1. The Morgan fingerprint density at radius 1 is 0.720 bits per heavy atom. The molecule has 128 valence electrons. The Morgan fingerprint density at radius 3 is 1.44 bits per heavy atom. The molecule has 6 heteroatoms. The fourth-order valence-electron chi connectivity index (χ4n) is 2.58. The van der Waals surface area contributed by atoms with E-state index in [1.54, 1.807) is 48.6 Å². The Bertz CT molecular complexity index is 790. The van der Waals surface area contributed by atoms with Crippen LogP contribution in [0, 0.1) is 0 Å². The van der Waals surface area contributed by atoms with Gasteiger partial charge in [-0.05, 0) is 36.4 Å². The molecule has 1 aliphatic rings. The zero-order chi connectivity index (χ0) is 18.0. The molecule has 1 aliphatic heterocycles. The molecule has 2 nitrogen and oxygen atoms in total. The topological polar surface area (TPSA) is 29.1 Å². The van der Waals surface area contributed by atoms with Crippen LogP contribution in [0.1, 0.15) is 11.1 Å². The smallest absolute Gasteiger partial charge is 0.187 e. The molecule has 3 rings (SSSR count). The third kappa shape index (κ3) is 4.11. The van der Waals surface area contributed by atoms with Crippen LogP contribution in [0.2, 0.25) is 20.1 Å². The van der Waals surface area contributed by atoms with Crippen molar-refractivity contribution in [2.45, 2.75) is 0 Å². The summed E-state index contributed by atoms with van der Waals surface area (Å²) < 4.78 is 0. The lowest BCUT2D eigenvalue weighted by Gasteiger charge is -2.19. The van der Waals surface area contributed by atoms with E-state index in [-0.39, 0.29) is 5.78 Å². The maximum atomic E-state index is 12.8. The molecule has 1 fully saturated rings. The number of carbonyl (C=O) groups is 1. The second kappa shape index (κ2) is 7.94. The lowest BCUT2D eigenvalue weighted by atomic mass is 9.95. The van der Waals surface area contributed by atoms with Crippen LogP contribution in [0.5, 0.6) is 0 Å². The van der Waals surface area contributed by atoms with Gasteiger partial charge in [0.25, 0.3) is 0 Å². The summed E-state index contributed by atoms with van der Waals surface area (Å²) in [4.78, 5) is 12.8. The van der Waals surface area contributed by atoms with E-state index < -0.39 is 0 Å². The molecule has 0 amide bonds. The first-order valence-electron chi connectivity index (χ1n) is 7.52. The standard InChI is InChI=1S/C19H13Cl4NO/c20-15-3-1-4-16(21)13(15)7-11-9-24-10-12(19(11)25)8-14-17(22)5-2-6-18(14)23/h1-8,24H,9-10H2/b11-7+,12-8+. The number of halogens is 4. The van der Waals surface area contributed by atoms with E-state index >= 15 is 0 Å². The number of hydrogen-bond acceptors (Lipinski definition) is 2. The lowest BCUT2D eigenvalue weighted by Crippen LogP contribution is -2.32. The van der Waals surface area contributed by atoms with Crippen LogP contribution >= 0.6 is 46.4 Å². The van der Waals surface area contributed by atoms with Crippen molar-refractivity contribution in [3.8, 4) is 0 Å². The minimum Gasteiger partial charge on any atom is -0.308 e. The number of ketones is 1. The van der Waals surface area contributed by atoms with E-state index in [2.05, 4.69) is 5.32 Å². The van der Waals surface area contributed by atoms with Gasteiger partial charge in [-0.25, -0.2) is 0 Å². The number of Topliss-reactive ketones (excluding diaryl/α,β-unsaturated/α-hetero) is 1. The molecule has 1 N–H and O–H groups in total. The summed E-state index contributed by atoms with van der Waals surface area (Å²) in [5.41, 5.74) is 2.42. The quantitative estimate of drug-likeness (QED) is 0.618. The molecule has 25 heavy (non-hydrogen) atoms. The summed E-state index contributed by atoms with van der Waals surface area (Å²) in [6, 6.07) is 10.5. The maximum absolute atomic E-state index is 12.8. The number of nitrogens with one attached hydrogen (secondary N) is 1. The lowest BCUT2D eigenvalue weighted by molar-refractivity contribution is -0.112. The average Bonchev–Trinajstić information content (AvgIpc) is 2.57. The van der Waals surface area contributed by atoms with Crippen molar-refractivity contribution in [1.29, 1.82) is 0 Å². The largest absolute Gasteiger partial charge is 0.308 e. The minimum absolute atomic E-state index is 0.0780. The molecule has 0 saturated carbocycles. The van der Waals surface area contributed by atoms with Gasteiger partial charge in [-0.2, -0.15) is 0 Å². The van der Waals surface area contributed by atoms with Crippen LogP contribution in [0.3, 0.4) is 0 Å². The highest BCUT2D eigenvalue weighted by molar-refractivity contribution is 6.38. The van der Waals surface area contributed by atoms with Gasteiger partial charge in [0.1, 0.15) is 0 Å². The highest BCUT2D eigenvalue weighted by atomic mass is 35.5. The van der Waals surface area contributed by atoms with Crippen molar-refractivity contribution in [2.24, 2.45) is 0 Å². The normalized spacial score (nSPS) is 18.2. The molecular weight excluding hydrogens is 400 g/mol. The Labute approximate surface area is 166 Å². The summed E-state index contributed by atoms with van der Waals surface area (Å²) in [5, 5.41) is 5.20. The van der Waals surface area contributed by atoms with Crippen LogP contribution in [0.25, 0.3) is 12.2 Å². The number of carbonyl (C=O) groups excluding carboxylic acids is 1. The number of hydrogen-bond donors (Lipinski definition) is 1. The molecule has 1 heterocycles. The predicted octanol–water partition coefficient (Wildman–Crippen LogP) is 5.94. The van der Waals surface area contributed by atoms with E-state index in [9.17, 15) is 4.79 Å². The first kappa shape index (κ1) is 18.5. The Balaban J connectivity index is 1.99. The van der Waals surface area contributed by atoms with E-state index in [1.807, 2.05) is 0 Å². The van der Waals surface area contributed by atoms with Crippen molar-refractivity contribution in [2.75, 3.05) is 13.1 Å². The number of rotatable bonds is 2. The van der Waals surface area contributed by atoms with E-state index in [1.165, 1.54) is 0 Å². The zero-order valence-electron chi connectivity index (χ0n) is 13.0. The molecule has 0 spiro atoms. The third-order valence-corrected chi connectivity index (χ3v) is 5.17. The van der Waals surface area contributed by atoms with Gasteiger partial charge in [-0.15, -0.1) is 0 Å². The second-order valence-electron chi connectivity index (χ2n) is 5.54. The van der Waals surface area contributed by atoms with E-state index in [4.69, 9.17) is 46.4 Å². The van der Waals surface area contributed by atoms with Gasteiger partial charge in [0.2, 0.25) is 0 Å². The summed E-state index contributed by atoms with van der Waals surface area (Å²) in [5.74, 6) is -0.0780. The van der Waals surface area contributed by atoms with Gasteiger partial charge in [-0.1, -0.05) is 58.5 Å². The SMILES string of the molecule is O=C1/C(=C/c2c(Cl)cccc2Cl)CNC/C1=C\c1c(Cl)cccc1Cl. The maximum Gasteiger partial charge on any atom is 0.187 e. The van der Waals surface area contributed by atoms with Crippen LogP contribution in [-0.4, -0.2) is 18.9 Å². The highest BCUT2D eigenvalue weighted by Gasteiger charge is 2.21. The molecule has 1 saturated heterocycles. The number of benzene rings is 2. The summed E-state index contributed by atoms with van der Waals surface area (Å²) in [7, 11) is 0. The molecule has 0 unspecified atom stereocenters. The van der Waals surface area contributed by atoms with Crippen LogP contribution in [-0.2, 0) is 4.79 Å². The molecular formula is C19H13Cl4NO. The van der Waals surface area contributed by atoms with E-state index in [0.717, 1.165) is 0 Å². The van der Waals surface area contributed by atoms with Gasteiger partial charge in [0.15, 0.2) is 5.78 Å². The fraction of sp³-hybridized carbons (Fsp3) is 0.105. The molecule has 0 aromatic heterocycles. The van der Waals surface area contributed by atoms with Gasteiger partial charge >= 0.3 is 0 Å². The van der Waals surface area contributed by atoms with Crippen molar-refractivity contribution in [3.63, 3.8) is 0 Å². The van der Waals surface area contributed by atoms with Gasteiger partial charge in [-0.3, -0.25) is 4.79 Å². The average molecular weight is 413 g/mol. The first-order chi connectivity index (χ1) is 12.0. The minimum atomic E-state index is -0.0780. The molecule has 0 atom stereocenters.